The molecule has 0 spiro atoms. The second kappa shape index (κ2) is 11.1. The van der Waals surface area contributed by atoms with Crippen LogP contribution in [0.5, 0.6) is 0 Å². The molecular weight excluding hydrogens is 438 g/mol. The average molecular weight is 472 g/mol. The summed E-state index contributed by atoms with van der Waals surface area (Å²) < 4.78 is 0. The molecule has 3 N–H and O–H groups in total. The molecule has 1 fully saturated rings. The van der Waals surface area contributed by atoms with E-state index in [0.717, 1.165) is 28.1 Å². The van der Waals surface area contributed by atoms with Crippen LogP contribution in [0.3, 0.4) is 0 Å². The van der Waals surface area contributed by atoms with Crippen molar-refractivity contribution in [3.63, 3.8) is 0 Å². The Morgan fingerprint density at radius 3 is 2.54 bits per heavy atom. The van der Waals surface area contributed by atoms with Gasteiger partial charge in [0, 0.05) is 36.0 Å². The third-order valence-corrected chi connectivity index (χ3v) is 6.11. The highest BCUT2D eigenvalue weighted by Gasteiger charge is 2.26. The van der Waals surface area contributed by atoms with E-state index in [0.29, 0.717) is 24.7 Å². The van der Waals surface area contributed by atoms with Crippen molar-refractivity contribution in [1.29, 1.82) is 0 Å². The van der Waals surface area contributed by atoms with Crippen molar-refractivity contribution in [2.45, 2.75) is 38.0 Å². The van der Waals surface area contributed by atoms with Gasteiger partial charge in [-0.1, -0.05) is 49.4 Å². The van der Waals surface area contributed by atoms with Crippen LogP contribution in [-0.4, -0.2) is 47.6 Å². The molecule has 1 saturated carbocycles. The lowest BCUT2D eigenvalue weighted by Gasteiger charge is -2.16. The molecule has 1 aliphatic carbocycles. The van der Waals surface area contributed by atoms with Gasteiger partial charge in [0.05, 0.1) is 5.92 Å². The highest BCUT2D eigenvalue weighted by molar-refractivity contribution is 5.99. The molecule has 0 radical (unpaired) electrons. The smallest absolute Gasteiger partial charge is 0.248 e. The average Bonchev–Trinajstić information content (AvgIpc) is 3.59. The molecule has 0 aliphatic heterocycles. The van der Waals surface area contributed by atoms with Gasteiger partial charge in [-0.2, -0.15) is 5.10 Å². The zero-order chi connectivity index (χ0) is 24.8. The molecule has 182 valence electrons. The molecule has 1 atom stereocenters. The summed E-state index contributed by atoms with van der Waals surface area (Å²) in [4.78, 5) is 27.1. The van der Waals surface area contributed by atoms with Crippen LogP contribution in [0, 0.1) is 0 Å². The number of H-pyrrole nitrogens is 1. The third kappa shape index (κ3) is 6.67. The Morgan fingerprint density at radius 1 is 1.09 bits per heavy atom. The molecule has 1 aliphatic rings. The van der Waals surface area contributed by atoms with E-state index in [1.165, 1.54) is 12.8 Å². The normalized spacial score (nSPS) is 14.3. The van der Waals surface area contributed by atoms with E-state index < -0.39 is 0 Å². The molecule has 0 saturated heterocycles. The van der Waals surface area contributed by atoms with Crippen LogP contribution in [0.25, 0.3) is 11.1 Å². The number of nitrogens with one attached hydrogen (secondary N) is 3. The molecule has 35 heavy (non-hydrogen) atoms. The predicted octanol–water partition coefficient (Wildman–Crippen LogP) is 5.14. The van der Waals surface area contributed by atoms with Gasteiger partial charge in [0.2, 0.25) is 11.8 Å². The largest absolute Gasteiger partial charge is 0.323 e. The van der Waals surface area contributed by atoms with E-state index in [9.17, 15) is 9.59 Å². The van der Waals surface area contributed by atoms with Crippen molar-refractivity contribution < 1.29 is 9.59 Å². The number of carbonyl (C=O) groups excluding carboxylic acids is 2. The monoisotopic (exact) mass is 471 g/mol. The number of aromatic amines is 1. The summed E-state index contributed by atoms with van der Waals surface area (Å²) in [7, 11) is 3.91. The standard InChI is InChI=1S/C28H33N5O2/c1-4-24(28(35)30-26-18-25(31-32-26)20-10-11-20)22-8-5-7-21(17-22)19-12-14-23(15-13-19)29-27(34)9-6-16-33(2)3/h5-9,12-15,17-18,20,24H,4,10-11,16H2,1-3H3,(H,29,34)(H2,30,31,32,35)/b9-6+. The number of likely N-dealkylation sites (N-methyl/N-ethyl adjacent to an activating group) is 1. The minimum atomic E-state index is -0.275. The molecule has 1 unspecified atom stereocenters. The van der Waals surface area contributed by atoms with Crippen LogP contribution >= 0.6 is 0 Å². The van der Waals surface area contributed by atoms with E-state index in [-0.39, 0.29) is 17.7 Å². The molecule has 1 aromatic heterocycles. The van der Waals surface area contributed by atoms with Crippen LogP contribution in [0.2, 0.25) is 0 Å². The second-order valence-corrected chi connectivity index (χ2v) is 9.29. The van der Waals surface area contributed by atoms with E-state index in [2.05, 4.69) is 26.9 Å². The maximum absolute atomic E-state index is 13.0. The van der Waals surface area contributed by atoms with Gasteiger partial charge < -0.3 is 15.5 Å². The molecule has 7 heteroatoms. The summed E-state index contributed by atoms with van der Waals surface area (Å²) in [5.41, 5.74) is 4.83. The van der Waals surface area contributed by atoms with Crippen LogP contribution in [0.15, 0.2) is 66.7 Å². The van der Waals surface area contributed by atoms with Gasteiger partial charge in [-0.15, -0.1) is 0 Å². The van der Waals surface area contributed by atoms with Gasteiger partial charge in [-0.25, -0.2) is 0 Å². The Kier molecular flexibility index (Phi) is 7.77. The number of rotatable bonds is 10. The number of nitrogens with zero attached hydrogens (tertiary/aromatic N) is 2. The fraction of sp³-hybridized carbons (Fsp3) is 0.321. The SMILES string of the molecule is CCC(C(=O)Nc1cc(C2CC2)[nH]n1)c1cccc(-c2ccc(NC(=O)/C=C/CN(C)C)cc2)c1. The van der Waals surface area contributed by atoms with Gasteiger partial charge in [-0.05, 0) is 62.2 Å². The Bertz CT molecular complexity index is 1190. The molecule has 2 aromatic carbocycles. The first-order valence-electron chi connectivity index (χ1n) is 12.1. The minimum Gasteiger partial charge on any atom is -0.323 e. The number of benzene rings is 2. The van der Waals surface area contributed by atoms with Gasteiger partial charge in [-0.3, -0.25) is 14.7 Å². The van der Waals surface area contributed by atoms with Crippen molar-refractivity contribution in [2.24, 2.45) is 0 Å². The third-order valence-electron chi connectivity index (χ3n) is 6.11. The van der Waals surface area contributed by atoms with E-state index in [1.54, 1.807) is 6.08 Å². The molecular formula is C28H33N5O2. The number of carbonyl (C=O) groups is 2. The van der Waals surface area contributed by atoms with E-state index in [1.807, 2.05) is 80.5 Å². The summed E-state index contributed by atoms with van der Waals surface area (Å²) >= 11 is 0. The van der Waals surface area contributed by atoms with Gasteiger partial charge in [0.25, 0.3) is 0 Å². The first-order chi connectivity index (χ1) is 16.9. The number of anilines is 2. The Morgan fingerprint density at radius 2 is 1.86 bits per heavy atom. The quantitative estimate of drug-likeness (QED) is 0.357. The number of hydrogen-bond donors (Lipinski definition) is 3. The number of hydrogen-bond acceptors (Lipinski definition) is 4. The summed E-state index contributed by atoms with van der Waals surface area (Å²) in [5, 5.41) is 13.1. The van der Waals surface area contributed by atoms with E-state index >= 15 is 0 Å². The van der Waals surface area contributed by atoms with Crippen LogP contribution in [0.4, 0.5) is 11.5 Å². The van der Waals surface area contributed by atoms with Crippen LogP contribution < -0.4 is 10.6 Å². The Labute approximate surface area is 206 Å². The molecule has 2 amide bonds. The summed E-state index contributed by atoms with van der Waals surface area (Å²) in [5.74, 6) is 0.661. The first-order valence-corrected chi connectivity index (χ1v) is 12.1. The maximum Gasteiger partial charge on any atom is 0.248 e. The fourth-order valence-corrected chi connectivity index (χ4v) is 4.03. The highest BCUT2D eigenvalue weighted by Crippen LogP contribution is 2.39. The van der Waals surface area contributed by atoms with Crippen molar-refractivity contribution in [1.82, 2.24) is 15.1 Å². The zero-order valence-electron chi connectivity index (χ0n) is 20.5. The minimum absolute atomic E-state index is 0.0566. The van der Waals surface area contributed by atoms with Crippen molar-refractivity contribution in [2.75, 3.05) is 31.3 Å². The van der Waals surface area contributed by atoms with E-state index in [4.69, 9.17) is 0 Å². The van der Waals surface area contributed by atoms with Gasteiger partial charge >= 0.3 is 0 Å². The molecule has 4 rings (SSSR count). The van der Waals surface area contributed by atoms with Crippen molar-refractivity contribution >= 4 is 23.3 Å². The highest BCUT2D eigenvalue weighted by atomic mass is 16.2. The zero-order valence-corrected chi connectivity index (χ0v) is 20.5. The Hall–Kier alpha value is -3.71. The lowest BCUT2D eigenvalue weighted by molar-refractivity contribution is -0.117. The van der Waals surface area contributed by atoms with Crippen LogP contribution in [-0.2, 0) is 9.59 Å². The summed E-state index contributed by atoms with van der Waals surface area (Å²) in [6, 6.07) is 17.7. The lowest BCUT2D eigenvalue weighted by Crippen LogP contribution is -2.21. The molecule has 7 nitrogen and oxygen atoms in total. The Balaban J connectivity index is 1.41. The molecule has 0 bridgehead atoms. The maximum atomic E-state index is 13.0. The van der Waals surface area contributed by atoms with Crippen molar-refractivity contribution in [3.05, 3.63) is 78.0 Å². The second-order valence-electron chi connectivity index (χ2n) is 9.29. The molecule has 3 aromatic rings. The predicted molar refractivity (Wildman–Crippen MR) is 140 cm³/mol. The number of amides is 2. The number of aromatic nitrogens is 2. The van der Waals surface area contributed by atoms with Crippen molar-refractivity contribution in [3.8, 4) is 11.1 Å². The molecule has 1 heterocycles. The van der Waals surface area contributed by atoms with Gasteiger partial charge in [0.1, 0.15) is 0 Å². The topological polar surface area (TPSA) is 90.1 Å². The van der Waals surface area contributed by atoms with Crippen LogP contribution in [0.1, 0.15) is 49.3 Å². The fourth-order valence-electron chi connectivity index (χ4n) is 4.03. The lowest BCUT2D eigenvalue weighted by atomic mass is 9.92. The summed E-state index contributed by atoms with van der Waals surface area (Å²) in [6.45, 7) is 2.73. The first kappa shape index (κ1) is 24.4. The summed E-state index contributed by atoms with van der Waals surface area (Å²) in [6.07, 6.45) is 6.42. The van der Waals surface area contributed by atoms with Gasteiger partial charge in [0.15, 0.2) is 5.82 Å².